The van der Waals surface area contributed by atoms with E-state index in [1.165, 1.54) is 0 Å². The molecule has 0 aliphatic carbocycles. The zero-order valence-corrected chi connectivity index (χ0v) is 10.8. The highest BCUT2D eigenvalue weighted by Crippen LogP contribution is 2.15. The number of hydrogen-bond donors (Lipinski definition) is 2. The van der Waals surface area contributed by atoms with Gasteiger partial charge in [-0.15, -0.1) is 0 Å². The van der Waals surface area contributed by atoms with Crippen LogP contribution in [0, 0.1) is 0 Å². The molecule has 0 saturated heterocycles. The van der Waals surface area contributed by atoms with Gasteiger partial charge in [-0.05, 0) is 5.56 Å². The lowest BCUT2D eigenvalue weighted by Gasteiger charge is -2.09. The smallest absolute Gasteiger partial charge is 0.140 e. The molecule has 4 nitrogen and oxygen atoms in total. The third-order valence-electron chi connectivity index (χ3n) is 2.91. The quantitative estimate of drug-likeness (QED) is 0.506. The van der Waals surface area contributed by atoms with Gasteiger partial charge >= 0.3 is 0 Å². The molecule has 100 valence electrons. The minimum absolute atomic E-state index is 0.189. The summed E-state index contributed by atoms with van der Waals surface area (Å²) in [7, 11) is 0. The van der Waals surface area contributed by atoms with Gasteiger partial charge in [-0.1, -0.05) is 77.6 Å². The van der Waals surface area contributed by atoms with Gasteiger partial charge in [0.15, 0.2) is 0 Å². The van der Waals surface area contributed by atoms with E-state index in [1.807, 2.05) is 36.4 Å². The van der Waals surface area contributed by atoms with Gasteiger partial charge < -0.3 is 10.4 Å². The highest BCUT2D eigenvalue weighted by atomic mass is 16.4. The molecule has 0 saturated carbocycles. The molecule has 20 heavy (non-hydrogen) atoms. The topological polar surface area (TPSA) is 65.2 Å². The van der Waals surface area contributed by atoms with E-state index >= 15 is 0 Å². The molecule has 0 radical (unpaired) electrons. The highest BCUT2D eigenvalue weighted by molar-refractivity contribution is 6.53. The first-order chi connectivity index (χ1) is 9.81. The average Bonchev–Trinajstić information content (AvgIpc) is 2.53. The van der Waals surface area contributed by atoms with E-state index in [-0.39, 0.29) is 11.4 Å². The Morgan fingerprint density at radius 1 is 0.850 bits per heavy atom. The molecule has 0 atom stereocenters. The largest absolute Gasteiger partial charge is 0.410 e. The molecule has 0 unspecified atom stereocenters. The number of oxime groups is 2. The van der Waals surface area contributed by atoms with Crippen LogP contribution >= 0.6 is 0 Å². The summed E-state index contributed by atoms with van der Waals surface area (Å²) >= 11 is 0. The number of benzene rings is 2. The van der Waals surface area contributed by atoms with Crippen molar-refractivity contribution in [3.05, 3.63) is 77.9 Å². The molecule has 2 rings (SSSR count). The molecular formula is C16H14N2O2. The fraction of sp³-hybridized carbons (Fsp3) is 0. The third-order valence-corrected chi connectivity index (χ3v) is 2.91. The van der Waals surface area contributed by atoms with Crippen LogP contribution in [0.25, 0.3) is 6.08 Å². The van der Waals surface area contributed by atoms with Crippen LogP contribution in [0.15, 0.2) is 71.5 Å². The van der Waals surface area contributed by atoms with E-state index in [0.29, 0.717) is 11.1 Å². The number of nitrogens with zero attached hydrogens (tertiary/aromatic N) is 2. The summed E-state index contributed by atoms with van der Waals surface area (Å²) in [5.74, 6) is 0. The maximum Gasteiger partial charge on any atom is 0.140 e. The summed E-state index contributed by atoms with van der Waals surface area (Å²) in [6.07, 6.45) is 1.65. The summed E-state index contributed by atoms with van der Waals surface area (Å²) in [6.45, 7) is 3.73. The average molecular weight is 266 g/mol. The molecule has 0 aliphatic rings. The molecule has 2 N–H and O–H groups in total. The van der Waals surface area contributed by atoms with Gasteiger partial charge in [-0.3, -0.25) is 0 Å². The van der Waals surface area contributed by atoms with Gasteiger partial charge in [0.05, 0.1) is 0 Å². The van der Waals surface area contributed by atoms with Gasteiger partial charge in [0, 0.05) is 11.1 Å². The Hall–Kier alpha value is -2.88. The van der Waals surface area contributed by atoms with Crippen LogP contribution in [0.3, 0.4) is 0 Å². The molecule has 0 bridgehead atoms. The van der Waals surface area contributed by atoms with Gasteiger partial charge in [0.2, 0.25) is 0 Å². The first kappa shape index (κ1) is 13.5. The maximum absolute atomic E-state index is 9.32. The molecule has 0 fully saturated rings. The van der Waals surface area contributed by atoms with Gasteiger partial charge in [-0.25, -0.2) is 0 Å². The monoisotopic (exact) mass is 266 g/mol. The Morgan fingerprint density at radius 2 is 1.45 bits per heavy atom. The zero-order chi connectivity index (χ0) is 14.4. The van der Waals surface area contributed by atoms with Crippen molar-refractivity contribution in [1.29, 1.82) is 0 Å². The van der Waals surface area contributed by atoms with Crippen molar-refractivity contribution in [1.82, 2.24) is 0 Å². The minimum Gasteiger partial charge on any atom is -0.410 e. The second-order valence-electron chi connectivity index (χ2n) is 4.05. The molecular weight excluding hydrogens is 252 g/mol. The lowest BCUT2D eigenvalue weighted by Crippen LogP contribution is -2.18. The lowest BCUT2D eigenvalue weighted by molar-refractivity contribution is 0.314. The first-order valence-electron chi connectivity index (χ1n) is 6.03. The Balaban J connectivity index is 2.55. The predicted octanol–water partition coefficient (Wildman–Crippen LogP) is 3.39. The van der Waals surface area contributed by atoms with Crippen molar-refractivity contribution in [2.75, 3.05) is 0 Å². The molecule has 0 heterocycles. The van der Waals surface area contributed by atoms with E-state index in [1.54, 1.807) is 24.3 Å². The molecule has 0 spiro atoms. The summed E-state index contributed by atoms with van der Waals surface area (Å²) in [5, 5.41) is 25.2. The van der Waals surface area contributed by atoms with E-state index in [2.05, 4.69) is 16.9 Å². The fourth-order valence-corrected chi connectivity index (χ4v) is 1.96. The van der Waals surface area contributed by atoms with Crippen molar-refractivity contribution in [3.8, 4) is 0 Å². The van der Waals surface area contributed by atoms with Crippen molar-refractivity contribution in [2.24, 2.45) is 10.3 Å². The third kappa shape index (κ3) is 2.59. The van der Waals surface area contributed by atoms with Crippen LogP contribution in [0.4, 0.5) is 0 Å². The normalized spacial score (nSPS) is 12.2. The van der Waals surface area contributed by atoms with Crippen molar-refractivity contribution >= 4 is 17.5 Å². The Labute approximate surface area is 117 Å². The minimum atomic E-state index is 0.189. The van der Waals surface area contributed by atoms with E-state index in [9.17, 15) is 10.4 Å². The van der Waals surface area contributed by atoms with Crippen molar-refractivity contribution in [2.45, 2.75) is 0 Å². The Morgan fingerprint density at radius 3 is 2.05 bits per heavy atom. The SMILES string of the molecule is C=Cc1ccccc1C(=NO)C(=NO)c1ccccc1. The fourth-order valence-electron chi connectivity index (χ4n) is 1.96. The van der Waals surface area contributed by atoms with Crippen molar-refractivity contribution < 1.29 is 10.4 Å². The van der Waals surface area contributed by atoms with Gasteiger partial charge in [-0.2, -0.15) is 0 Å². The van der Waals surface area contributed by atoms with Gasteiger partial charge in [0.1, 0.15) is 11.4 Å². The summed E-state index contributed by atoms with van der Waals surface area (Å²) in [6, 6.07) is 16.3. The van der Waals surface area contributed by atoms with Crippen LogP contribution < -0.4 is 0 Å². The summed E-state index contributed by atoms with van der Waals surface area (Å²) in [5.41, 5.74) is 2.47. The summed E-state index contributed by atoms with van der Waals surface area (Å²) in [4.78, 5) is 0. The zero-order valence-electron chi connectivity index (χ0n) is 10.8. The van der Waals surface area contributed by atoms with Crippen LogP contribution in [-0.2, 0) is 0 Å². The Bertz CT molecular complexity index is 661. The van der Waals surface area contributed by atoms with Crippen LogP contribution in [0.5, 0.6) is 0 Å². The van der Waals surface area contributed by atoms with Crippen molar-refractivity contribution in [3.63, 3.8) is 0 Å². The van der Waals surface area contributed by atoms with Crippen LogP contribution in [0.2, 0.25) is 0 Å². The molecule has 4 heteroatoms. The lowest BCUT2D eigenvalue weighted by atomic mass is 9.96. The molecule has 2 aromatic carbocycles. The molecule has 0 amide bonds. The van der Waals surface area contributed by atoms with E-state index in [0.717, 1.165) is 5.56 Å². The number of rotatable bonds is 4. The first-order valence-corrected chi connectivity index (χ1v) is 6.03. The van der Waals surface area contributed by atoms with E-state index < -0.39 is 0 Å². The van der Waals surface area contributed by atoms with E-state index in [4.69, 9.17) is 0 Å². The standard InChI is InChI=1S/C16H14N2O2/c1-2-12-8-6-7-11-14(12)16(18-20)15(17-19)13-9-4-3-5-10-13/h2-11,19-20H,1H2. The van der Waals surface area contributed by atoms with Crippen LogP contribution in [0.1, 0.15) is 16.7 Å². The maximum atomic E-state index is 9.32. The van der Waals surface area contributed by atoms with Crippen LogP contribution in [-0.4, -0.2) is 21.8 Å². The second-order valence-corrected chi connectivity index (χ2v) is 4.05. The molecule has 2 aromatic rings. The second kappa shape index (κ2) is 6.33. The predicted molar refractivity (Wildman–Crippen MR) is 79.6 cm³/mol. The summed E-state index contributed by atoms with van der Waals surface area (Å²) < 4.78 is 0. The van der Waals surface area contributed by atoms with Gasteiger partial charge in [0.25, 0.3) is 0 Å². The number of hydrogen-bond acceptors (Lipinski definition) is 4. The highest BCUT2D eigenvalue weighted by Gasteiger charge is 2.17. The Kier molecular flexibility index (Phi) is 4.29. The molecule has 0 aromatic heterocycles. The molecule has 0 aliphatic heterocycles.